The third kappa shape index (κ3) is 3.21. The van der Waals surface area contributed by atoms with E-state index in [1.54, 1.807) is 11.8 Å². The largest absolute Gasteiger partial charge is 0.328 e. The fourth-order valence-corrected chi connectivity index (χ4v) is 3.54. The number of hydrogen-bond donors (Lipinski definition) is 1. The van der Waals surface area contributed by atoms with Crippen LogP contribution in [0, 0.1) is 0 Å². The summed E-state index contributed by atoms with van der Waals surface area (Å²) < 4.78 is 2.98. The molecule has 0 saturated heterocycles. The van der Waals surface area contributed by atoms with Gasteiger partial charge >= 0.3 is 0 Å². The van der Waals surface area contributed by atoms with Crippen LogP contribution in [0.5, 0.6) is 0 Å². The number of halogens is 1. The molecular weight excluding hydrogens is 338 g/mol. The lowest BCUT2D eigenvalue weighted by molar-refractivity contribution is 0.565. The van der Waals surface area contributed by atoms with E-state index in [-0.39, 0.29) is 6.04 Å². The molecule has 5 nitrogen and oxygen atoms in total. The SMILES string of the molecule is CC(N)Cc1ccc(Sc2nnnn2C2CC2)c(Br)c1. The molecule has 7 heteroatoms. The Labute approximate surface area is 130 Å². The average Bonchev–Trinajstić information content (AvgIpc) is 3.12. The second-order valence-electron chi connectivity index (χ2n) is 5.19. The van der Waals surface area contributed by atoms with Gasteiger partial charge in [-0.2, -0.15) is 0 Å². The molecule has 0 amide bonds. The minimum absolute atomic E-state index is 0.169. The van der Waals surface area contributed by atoms with Gasteiger partial charge in [0, 0.05) is 15.4 Å². The highest BCUT2D eigenvalue weighted by atomic mass is 79.9. The molecule has 0 spiro atoms. The smallest absolute Gasteiger partial charge is 0.214 e. The number of aromatic nitrogens is 4. The van der Waals surface area contributed by atoms with E-state index in [2.05, 4.69) is 49.7 Å². The highest BCUT2D eigenvalue weighted by Crippen LogP contribution is 2.39. The number of rotatable bonds is 5. The normalized spacial score (nSPS) is 16.4. The van der Waals surface area contributed by atoms with Gasteiger partial charge in [0.2, 0.25) is 5.16 Å². The minimum atomic E-state index is 0.169. The predicted octanol–water partition coefficient (Wildman–Crippen LogP) is 2.81. The molecule has 20 heavy (non-hydrogen) atoms. The zero-order valence-electron chi connectivity index (χ0n) is 11.2. The van der Waals surface area contributed by atoms with Gasteiger partial charge in [0.25, 0.3) is 0 Å². The van der Waals surface area contributed by atoms with Crippen molar-refractivity contribution < 1.29 is 0 Å². The quantitative estimate of drug-likeness (QED) is 0.894. The highest BCUT2D eigenvalue weighted by Gasteiger charge is 2.28. The Kier molecular flexibility index (Phi) is 4.09. The molecule has 2 N–H and O–H groups in total. The van der Waals surface area contributed by atoms with Crippen molar-refractivity contribution in [3.63, 3.8) is 0 Å². The van der Waals surface area contributed by atoms with Crippen LogP contribution in [-0.4, -0.2) is 26.2 Å². The summed E-state index contributed by atoms with van der Waals surface area (Å²) in [6.45, 7) is 2.01. The summed E-state index contributed by atoms with van der Waals surface area (Å²) >= 11 is 5.21. The Balaban J connectivity index is 1.78. The topological polar surface area (TPSA) is 69.6 Å². The zero-order valence-corrected chi connectivity index (χ0v) is 13.6. The molecule has 1 atom stereocenters. The van der Waals surface area contributed by atoms with Gasteiger partial charge in [0.15, 0.2) is 0 Å². The summed E-state index contributed by atoms with van der Waals surface area (Å²) in [4.78, 5) is 1.12. The molecule has 1 aromatic carbocycles. The Morgan fingerprint density at radius 1 is 1.50 bits per heavy atom. The first-order chi connectivity index (χ1) is 9.63. The summed E-state index contributed by atoms with van der Waals surface area (Å²) in [5.41, 5.74) is 7.07. The lowest BCUT2D eigenvalue weighted by Crippen LogP contribution is -2.17. The second kappa shape index (κ2) is 5.83. The lowest BCUT2D eigenvalue weighted by Gasteiger charge is -2.09. The number of tetrazole rings is 1. The Bertz CT molecular complexity index is 609. The standard InChI is InChI=1S/C13H16BrN5S/c1-8(15)6-9-2-5-12(11(14)7-9)20-13-16-17-18-19(13)10-3-4-10/h2,5,7-8,10H,3-4,6,15H2,1H3. The van der Waals surface area contributed by atoms with Crippen LogP contribution >= 0.6 is 27.7 Å². The second-order valence-corrected chi connectivity index (χ2v) is 7.05. The molecule has 1 aliphatic carbocycles. The maximum absolute atomic E-state index is 5.83. The number of nitrogens with two attached hydrogens (primary N) is 1. The summed E-state index contributed by atoms with van der Waals surface area (Å²) in [6.07, 6.45) is 3.23. The maximum atomic E-state index is 5.83. The molecule has 1 fully saturated rings. The van der Waals surface area contributed by atoms with E-state index in [1.165, 1.54) is 18.4 Å². The lowest BCUT2D eigenvalue weighted by atomic mass is 10.1. The van der Waals surface area contributed by atoms with Gasteiger partial charge in [0.1, 0.15) is 0 Å². The van der Waals surface area contributed by atoms with Crippen LogP contribution in [0.3, 0.4) is 0 Å². The molecule has 0 radical (unpaired) electrons. The van der Waals surface area contributed by atoms with Crippen molar-refractivity contribution >= 4 is 27.7 Å². The van der Waals surface area contributed by atoms with Crippen LogP contribution in [0.2, 0.25) is 0 Å². The van der Waals surface area contributed by atoms with E-state index in [1.807, 2.05) is 11.6 Å². The Hall–Kier alpha value is -0.920. The van der Waals surface area contributed by atoms with E-state index in [0.29, 0.717) is 6.04 Å². The van der Waals surface area contributed by atoms with E-state index in [0.717, 1.165) is 20.9 Å². The molecule has 0 aliphatic heterocycles. The monoisotopic (exact) mass is 353 g/mol. The van der Waals surface area contributed by atoms with Crippen LogP contribution in [0.15, 0.2) is 32.7 Å². The van der Waals surface area contributed by atoms with Crippen molar-refractivity contribution in [3.05, 3.63) is 28.2 Å². The van der Waals surface area contributed by atoms with Crippen LogP contribution < -0.4 is 5.73 Å². The molecule has 1 aromatic heterocycles. The summed E-state index contributed by atoms with van der Waals surface area (Å²) in [6, 6.07) is 6.99. The fourth-order valence-electron chi connectivity index (χ4n) is 2.03. The molecule has 2 aromatic rings. The van der Waals surface area contributed by atoms with Crippen LogP contribution in [0.4, 0.5) is 0 Å². The van der Waals surface area contributed by atoms with Crippen molar-refractivity contribution in [2.24, 2.45) is 5.73 Å². The summed E-state index contributed by atoms with van der Waals surface area (Å²) in [5, 5.41) is 12.8. The van der Waals surface area contributed by atoms with Crippen molar-refractivity contribution in [1.29, 1.82) is 0 Å². The fraction of sp³-hybridized carbons (Fsp3) is 0.462. The molecule has 1 heterocycles. The molecule has 1 saturated carbocycles. The van der Waals surface area contributed by atoms with Gasteiger partial charge in [-0.25, -0.2) is 4.68 Å². The van der Waals surface area contributed by atoms with Crippen LogP contribution in [0.25, 0.3) is 0 Å². The third-order valence-corrected chi connectivity index (χ3v) is 5.06. The minimum Gasteiger partial charge on any atom is -0.328 e. The average molecular weight is 354 g/mol. The third-order valence-electron chi connectivity index (χ3n) is 3.11. The first kappa shape index (κ1) is 14.0. The van der Waals surface area contributed by atoms with Crippen molar-refractivity contribution in [1.82, 2.24) is 20.2 Å². The van der Waals surface area contributed by atoms with Gasteiger partial charge in [0.05, 0.1) is 6.04 Å². The van der Waals surface area contributed by atoms with Gasteiger partial charge in [-0.15, -0.1) is 5.10 Å². The molecular formula is C13H16BrN5S. The van der Waals surface area contributed by atoms with Gasteiger partial charge in [-0.1, -0.05) is 6.07 Å². The number of benzene rings is 1. The van der Waals surface area contributed by atoms with Crippen molar-refractivity contribution in [3.8, 4) is 0 Å². The predicted molar refractivity (Wildman–Crippen MR) is 81.7 cm³/mol. The van der Waals surface area contributed by atoms with Gasteiger partial charge in [-0.05, 0) is 82.0 Å². The zero-order chi connectivity index (χ0) is 14.1. The molecule has 106 valence electrons. The van der Waals surface area contributed by atoms with Gasteiger partial charge < -0.3 is 5.73 Å². The van der Waals surface area contributed by atoms with E-state index >= 15 is 0 Å². The Morgan fingerprint density at radius 2 is 2.30 bits per heavy atom. The number of hydrogen-bond acceptors (Lipinski definition) is 5. The molecule has 0 bridgehead atoms. The number of nitrogens with zero attached hydrogens (tertiary/aromatic N) is 4. The van der Waals surface area contributed by atoms with E-state index in [4.69, 9.17) is 5.73 Å². The van der Waals surface area contributed by atoms with Crippen LogP contribution in [0.1, 0.15) is 31.4 Å². The van der Waals surface area contributed by atoms with Gasteiger partial charge in [-0.3, -0.25) is 0 Å². The molecule has 1 aliphatic rings. The van der Waals surface area contributed by atoms with Crippen LogP contribution in [-0.2, 0) is 6.42 Å². The first-order valence-electron chi connectivity index (χ1n) is 6.63. The molecule has 3 rings (SSSR count). The van der Waals surface area contributed by atoms with E-state index in [9.17, 15) is 0 Å². The summed E-state index contributed by atoms with van der Waals surface area (Å²) in [7, 11) is 0. The maximum Gasteiger partial charge on any atom is 0.214 e. The summed E-state index contributed by atoms with van der Waals surface area (Å²) in [5.74, 6) is 0. The molecule has 1 unspecified atom stereocenters. The van der Waals surface area contributed by atoms with Crippen molar-refractivity contribution in [2.45, 2.75) is 48.3 Å². The Morgan fingerprint density at radius 3 is 2.95 bits per heavy atom. The van der Waals surface area contributed by atoms with Crippen molar-refractivity contribution in [2.75, 3.05) is 0 Å². The van der Waals surface area contributed by atoms with E-state index < -0.39 is 0 Å². The highest BCUT2D eigenvalue weighted by molar-refractivity contribution is 9.10. The first-order valence-corrected chi connectivity index (χ1v) is 8.24.